The Labute approximate surface area is 82.2 Å². The summed E-state index contributed by atoms with van der Waals surface area (Å²) in [5.41, 5.74) is 6.92. The zero-order valence-corrected chi connectivity index (χ0v) is 7.93. The molecule has 0 saturated heterocycles. The van der Waals surface area contributed by atoms with Crippen LogP contribution in [-0.2, 0) is 0 Å². The molecule has 0 bridgehead atoms. The summed E-state index contributed by atoms with van der Waals surface area (Å²) in [4.78, 5) is 10.3. The van der Waals surface area contributed by atoms with Crippen LogP contribution in [0.3, 0.4) is 0 Å². The Hall–Kier alpha value is -1.68. The lowest BCUT2D eigenvalue weighted by Gasteiger charge is -2.00. The Morgan fingerprint density at radius 2 is 2.29 bits per heavy atom. The summed E-state index contributed by atoms with van der Waals surface area (Å²) in [5.74, 6) is 0. The Morgan fingerprint density at radius 3 is 2.86 bits per heavy atom. The molecule has 0 aliphatic heterocycles. The van der Waals surface area contributed by atoms with Crippen molar-refractivity contribution >= 4 is 11.8 Å². The van der Waals surface area contributed by atoms with Gasteiger partial charge in [-0.25, -0.2) is 0 Å². The van der Waals surface area contributed by atoms with Crippen LogP contribution in [0.5, 0.6) is 0 Å². The molecular weight excluding hydrogens is 180 g/mol. The molecule has 0 atom stereocenters. The molecule has 2 N–H and O–H groups in total. The summed E-state index contributed by atoms with van der Waals surface area (Å²) in [5, 5.41) is 10.7. The van der Waals surface area contributed by atoms with E-state index in [4.69, 9.17) is 5.73 Å². The minimum absolute atomic E-state index is 0.120. The predicted octanol–water partition coefficient (Wildman–Crippen LogP) is 1.88. The molecular formula is C10H12N2O2. The quantitative estimate of drug-likeness (QED) is 0.587. The first-order chi connectivity index (χ1) is 6.66. The molecule has 0 saturated carbocycles. The SMILES string of the molecule is Cc1cccc([N+](=O)[O-])c1/C=C/CN. The van der Waals surface area contributed by atoms with Gasteiger partial charge in [0.05, 0.1) is 10.5 Å². The monoisotopic (exact) mass is 192 g/mol. The highest BCUT2D eigenvalue weighted by molar-refractivity contribution is 5.64. The normalized spacial score (nSPS) is 10.7. The highest BCUT2D eigenvalue weighted by Crippen LogP contribution is 2.22. The highest BCUT2D eigenvalue weighted by atomic mass is 16.6. The van der Waals surface area contributed by atoms with Gasteiger partial charge in [-0.2, -0.15) is 0 Å². The molecule has 0 unspecified atom stereocenters. The number of benzene rings is 1. The Morgan fingerprint density at radius 1 is 1.57 bits per heavy atom. The van der Waals surface area contributed by atoms with Crippen LogP contribution in [0.2, 0.25) is 0 Å². The van der Waals surface area contributed by atoms with Gasteiger partial charge in [0.25, 0.3) is 5.69 Å². The number of rotatable bonds is 3. The summed E-state index contributed by atoms with van der Waals surface area (Å²) in [6.45, 7) is 2.22. The number of hydrogen-bond acceptors (Lipinski definition) is 3. The third kappa shape index (κ3) is 2.17. The van der Waals surface area contributed by atoms with Gasteiger partial charge in [0.1, 0.15) is 0 Å². The zero-order chi connectivity index (χ0) is 10.6. The fraction of sp³-hybridized carbons (Fsp3) is 0.200. The van der Waals surface area contributed by atoms with E-state index in [0.717, 1.165) is 5.56 Å². The number of hydrogen-bond donors (Lipinski definition) is 1. The molecule has 0 radical (unpaired) electrons. The van der Waals surface area contributed by atoms with E-state index in [2.05, 4.69) is 0 Å². The summed E-state index contributed by atoms with van der Waals surface area (Å²) < 4.78 is 0. The van der Waals surface area contributed by atoms with Crippen LogP contribution >= 0.6 is 0 Å². The number of nitrogens with two attached hydrogens (primary N) is 1. The third-order valence-corrected chi connectivity index (χ3v) is 1.92. The van der Waals surface area contributed by atoms with Gasteiger partial charge >= 0.3 is 0 Å². The zero-order valence-electron chi connectivity index (χ0n) is 7.93. The molecule has 1 aromatic carbocycles. The highest BCUT2D eigenvalue weighted by Gasteiger charge is 2.11. The molecule has 0 fully saturated rings. The van der Waals surface area contributed by atoms with Gasteiger partial charge in [-0.1, -0.05) is 24.3 Å². The fourth-order valence-corrected chi connectivity index (χ4v) is 1.23. The van der Waals surface area contributed by atoms with Crippen LogP contribution in [-0.4, -0.2) is 11.5 Å². The molecule has 0 amide bonds. The van der Waals surface area contributed by atoms with Crippen molar-refractivity contribution in [3.05, 3.63) is 45.5 Å². The Bertz CT molecular complexity index is 372. The molecule has 0 aliphatic carbocycles. The van der Waals surface area contributed by atoms with Crippen LogP contribution in [0.4, 0.5) is 5.69 Å². The van der Waals surface area contributed by atoms with Crippen molar-refractivity contribution in [1.29, 1.82) is 0 Å². The van der Waals surface area contributed by atoms with Crippen molar-refractivity contribution in [2.75, 3.05) is 6.54 Å². The predicted molar refractivity (Wildman–Crippen MR) is 55.9 cm³/mol. The molecule has 0 spiro atoms. The summed E-state index contributed by atoms with van der Waals surface area (Å²) in [6.07, 6.45) is 3.39. The summed E-state index contributed by atoms with van der Waals surface area (Å²) in [6, 6.07) is 5.00. The average molecular weight is 192 g/mol. The second-order valence-corrected chi connectivity index (χ2v) is 2.90. The maximum Gasteiger partial charge on any atom is 0.276 e. The second kappa shape index (κ2) is 4.53. The maximum absolute atomic E-state index is 10.7. The Kier molecular flexibility index (Phi) is 3.36. The topological polar surface area (TPSA) is 69.2 Å². The number of aryl methyl sites for hydroxylation is 1. The smallest absolute Gasteiger partial charge is 0.276 e. The second-order valence-electron chi connectivity index (χ2n) is 2.90. The number of nitro groups is 1. The van der Waals surface area contributed by atoms with E-state index in [1.807, 2.05) is 13.0 Å². The van der Waals surface area contributed by atoms with Crippen molar-refractivity contribution in [2.24, 2.45) is 5.73 Å². The minimum Gasteiger partial charge on any atom is -0.327 e. The molecule has 1 rings (SSSR count). The van der Waals surface area contributed by atoms with E-state index in [9.17, 15) is 10.1 Å². The molecule has 1 aromatic rings. The molecule has 0 aromatic heterocycles. The third-order valence-electron chi connectivity index (χ3n) is 1.92. The number of nitrogens with zero attached hydrogens (tertiary/aromatic N) is 1. The van der Waals surface area contributed by atoms with Crippen molar-refractivity contribution in [2.45, 2.75) is 6.92 Å². The van der Waals surface area contributed by atoms with Crippen LogP contribution in [0, 0.1) is 17.0 Å². The van der Waals surface area contributed by atoms with Crippen LogP contribution in [0.25, 0.3) is 6.08 Å². The standard InChI is InChI=1S/C10H12N2O2/c1-8-4-2-6-10(12(13)14)9(8)5-3-7-11/h2-6H,7,11H2,1H3/b5-3+. The van der Waals surface area contributed by atoms with E-state index >= 15 is 0 Å². The van der Waals surface area contributed by atoms with Gasteiger partial charge in [0, 0.05) is 12.6 Å². The number of nitro benzene ring substituents is 1. The first-order valence-corrected chi connectivity index (χ1v) is 4.27. The van der Waals surface area contributed by atoms with Crippen molar-refractivity contribution < 1.29 is 4.92 Å². The molecule has 0 heterocycles. The lowest BCUT2D eigenvalue weighted by atomic mass is 10.1. The van der Waals surface area contributed by atoms with Gasteiger partial charge < -0.3 is 5.73 Å². The van der Waals surface area contributed by atoms with Crippen LogP contribution in [0.15, 0.2) is 24.3 Å². The van der Waals surface area contributed by atoms with E-state index in [0.29, 0.717) is 12.1 Å². The van der Waals surface area contributed by atoms with Gasteiger partial charge in [-0.15, -0.1) is 0 Å². The van der Waals surface area contributed by atoms with Gasteiger partial charge in [0.15, 0.2) is 0 Å². The van der Waals surface area contributed by atoms with Gasteiger partial charge in [-0.3, -0.25) is 10.1 Å². The first-order valence-electron chi connectivity index (χ1n) is 4.27. The largest absolute Gasteiger partial charge is 0.327 e. The van der Waals surface area contributed by atoms with E-state index in [-0.39, 0.29) is 10.6 Å². The molecule has 74 valence electrons. The fourth-order valence-electron chi connectivity index (χ4n) is 1.23. The molecule has 4 heteroatoms. The van der Waals surface area contributed by atoms with Crippen molar-refractivity contribution in [3.8, 4) is 0 Å². The van der Waals surface area contributed by atoms with E-state index < -0.39 is 0 Å². The Balaban J connectivity index is 3.22. The van der Waals surface area contributed by atoms with Crippen molar-refractivity contribution in [3.63, 3.8) is 0 Å². The first kappa shape index (κ1) is 10.4. The molecule has 4 nitrogen and oxygen atoms in total. The van der Waals surface area contributed by atoms with E-state index in [1.165, 1.54) is 6.07 Å². The summed E-state index contributed by atoms with van der Waals surface area (Å²) in [7, 11) is 0. The van der Waals surface area contributed by atoms with E-state index in [1.54, 1.807) is 18.2 Å². The van der Waals surface area contributed by atoms with Crippen molar-refractivity contribution in [1.82, 2.24) is 0 Å². The minimum atomic E-state index is -0.386. The maximum atomic E-state index is 10.7. The lowest BCUT2D eigenvalue weighted by molar-refractivity contribution is -0.385. The summed E-state index contributed by atoms with van der Waals surface area (Å²) >= 11 is 0. The van der Waals surface area contributed by atoms with Gasteiger partial charge in [0.2, 0.25) is 0 Å². The average Bonchev–Trinajstić information content (AvgIpc) is 2.15. The lowest BCUT2D eigenvalue weighted by Crippen LogP contribution is -1.95. The van der Waals surface area contributed by atoms with Crippen LogP contribution in [0.1, 0.15) is 11.1 Å². The van der Waals surface area contributed by atoms with Crippen LogP contribution < -0.4 is 5.73 Å². The molecule has 0 aliphatic rings. The molecule has 14 heavy (non-hydrogen) atoms. The van der Waals surface area contributed by atoms with Gasteiger partial charge in [-0.05, 0) is 12.5 Å².